The maximum atomic E-state index is 12.3. The van der Waals surface area contributed by atoms with Crippen LogP contribution in [0.5, 0.6) is 0 Å². The summed E-state index contributed by atoms with van der Waals surface area (Å²) >= 11 is 13.7. The zero-order chi connectivity index (χ0) is 33.0. The SMILES string of the molecule is C=CC(=O)N1CCC(n2nc(N3CC[C@@H](CN4CCN(S(C)(=O)=O)CC4)CC3(C)C)c(-c3c(Cl)c(Cl)cc4[nH]ncc34)c2C)CC1. The minimum absolute atomic E-state index is 0.0352. The van der Waals surface area contributed by atoms with E-state index >= 15 is 0 Å². The predicted molar refractivity (Wildman–Crippen MR) is 184 cm³/mol. The van der Waals surface area contributed by atoms with Crippen LogP contribution in [0.4, 0.5) is 5.82 Å². The molecule has 2 aromatic heterocycles. The molecular weight excluding hydrogens is 647 g/mol. The lowest BCUT2D eigenvalue weighted by atomic mass is 9.81. The number of aromatic amines is 1. The lowest BCUT2D eigenvalue weighted by molar-refractivity contribution is -0.127. The van der Waals surface area contributed by atoms with E-state index in [0.29, 0.717) is 42.1 Å². The first-order valence-electron chi connectivity index (χ1n) is 16.1. The normalized spacial score (nSPS) is 22.1. The summed E-state index contributed by atoms with van der Waals surface area (Å²) in [5.74, 6) is 1.33. The number of hydrogen-bond acceptors (Lipinski definition) is 7. The van der Waals surface area contributed by atoms with Gasteiger partial charge in [-0.05, 0) is 64.5 Å². The van der Waals surface area contributed by atoms with E-state index in [1.54, 1.807) is 10.5 Å². The standard InChI is InChI=1S/C32H44Cl2N8O3S/c1-6-27(43)39-10-8-23(9-11-39)42-21(2)28(29-24-19-35-36-26(24)17-25(33)30(29)34)31(37-42)41-12-7-22(18-32(41,3)4)20-38-13-15-40(16-14-38)46(5,44)45/h6,17,19,22-23H,1,7-16,18,20H2,2-5H3,(H,35,36)/t22-/m1/s1. The number of hydrogen-bond donors (Lipinski definition) is 1. The van der Waals surface area contributed by atoms with Crippen LogP contribution < -0.4 is 4.90 Å². The van der Waals surface area contributed by atoms with Crippen molar-refractivity contribution in [1.82, 2.24) is 34.1 Å². The number of fused-ring (bicyclic) bond motifs is 1. The van der Waals surface area contributed by atoms with E-state index in [1.807, 2.05) is 11.0 Å². The molecule has 0 radical (unpaired) electrons. The summed E-state index contributed by atoms with van der Waals surface area (Å²) in [6.45, 7) is 16.0. The Balaban J connectivity index is 1.32. The van der Waals surface area contributed by atoms with Crippen molar-refractivity contribution in [3.05, 3.63) is 40.7 Å². The second kappa shape index (κ2) is 12.8. The summed E-state index contributed by atoms with van der Waals surface area (Å²) in [6.07, 6.45) is 8.03. The molecule has 3 fully saturated rings. The molecule has 250 valence electrons. The van der Waals surface area contributed by atoms with Gasteiger partial charge in [0.2, 0.25) is 15.9 Å². The molecule has 1 aromatic carbocycles. The molecule has 1 atom stereocenters. The summed E-state index contributed by atoms with van der Waals surface area (Å²) in [7, 11) is -3.15. The number of amides is 1. The average molecular weight is 692 g/mol. The zero-order valence-electron chi connectivity index (χ0n) is 27.1. The fraction of sp³-hybridized carbons (Fsp3) is 0.594. The molecule has 1 N–H and O–H groups in total. The van der Waals surface area contributed by atoms with E-state index in [9.17, 15) is 13.2 Å². The van der Waals surface area contributed by atoms with Gasteiger partial charge in [0.05, 0.1) is 34.1 Å². The van der Waals surface area contributed by atoms with Gasteiger partial charge < -0.3 is 14.7 Å². The van der Waals surface area contributed by atoms with Crippen LogP contribution in [0.1, 0.15) is 51.3 Å². The summed E-state index contributed by atoms with van der Waals surface area (Å²) in [5.41, 5.74) is 3.41. The molecule has 0 unspecified atom stereocenters. The molecular formula is C32H44Cl2N8O3S. The quantitative estimate of drug-likeness (QED) is 0.349. The van der Waals surface area contributed by atoms with Gasteiger partial charge in [-0.3, -0.25) is 14.6 Å². The maximum Gasteiger partial charge on any atom is 0.245 e. The monoisotopic (exact) mass is 690 g/mol. The minimum atomic E-state index is -3.15. The first kappa shape index (κ1) is 33.3. The molecule has 3 saturated heterocycles. The number of piperidine rings is 2. The fourth-order valence-corrected chi connectivity index (χ4v) is 9.05. The summed E-state index contributed by atoms with van der Waals surface area (Å²) in [4.78, 5) is 19.0. The Bertz CT molecular complexity index is 1740. The minimum Gasteiger partial charge on any atom is -0.349 e. The van der Waals surface area contributed by atoms with Gasteiger partial charge in [-0.1, -0.05) is 29.8 Å². The van der Waals surface area contributed by atoms with E-state index in [-0.39, 0.29) is 17.5 Å². The molecule has 6 rings (SSSR count). The molecule has 0 spiro atoms. The lowest BCUT2D eigenvalue weighted by Crippen LogP contribution is -2.54. The third-order valence-corrected chi connectivity index (χ3v) is 12.3. The molecule has 3 aliphatic heterocycles. The number of H-pyrrole nitrogens is 1. The van der Waals surface area contributed by atoms with Crippen LogP contribution in [0.25, 0.3) is 22.0 Å². The van der Waals surface area contributed by atoms with Crippen molar-refractivity contribution >= 4 is 55.9 Å². The van der Waals surface area contributed by atoms with Crippen molar-refractivity contribution in [2.75, 3.05) is 63.5 Å². The van der Waals surface area contributed by atoms with Crippen molar-refractivity contribution in [2.24, 2.45) is 5.92 Å². The number of nitrogens with zero attached hydrogens (tertiary/aromatic N) is 7. The third-order valence-electron chi connectivity index (χ3n) is 10.2. The number of benzene rings is 1. The van der Waals surface area contributed by atoms with Crippen molar-refractivity contribution in [3.63, 3.8) is 0 Å². The molecule has 0 aliphatic carbocycles. The van der Waals surface area contributed by atoms with Crippen molar-refractivity contribution < 1.29 is 13.2 Å². The number of nitrogens with one attached hydrogen (secondary N) is 1. The third kappa shape index (κ3) is 6.31. The average Bonchev–Trinajstić information content (AvgIpc) is 3.61. The Morgan fingerprint density at radius 3 is 2.41 bits per heavy atom. The number of likely N-dealkylation sites (tertiary alicyclic amines) is 1. The number of anilines is 1. The van der Waals surface area contributed by atoms with Gasteiger partial charge >= 0.3 is 0 Å². The van der Waals surface area contributed by atoms with Crippen LogP contribution in [0.2, 0.25) is 10.0 Å². The highest BCUT2D eigenvalue weighted by Crippen LogP contribution is 2.48. The molecule has 14 heteroatoms. The predicted octanol–water partition coefficient (Wildman–Crippen LogP) is 4.96. The number of carbonyl (C=O) groups excluding carboxylic acids is 1. The highest BCUT2D eigenvalue weighted by molar-refractivity contribution is 7.88. The van der Waals surface area contributed by atoms with E-state index in [4.69, 9.17) is 28.3 Å². The topological polar surface area (TPSA) is 111 Å². The van der Waals surface area contributed by atoms with E-state index in [2.05, 4.69) is 52.0 Å². The van der Waals surface area contributed by atoms with Gasteiger partial charge in [0.15, 0.2) is 5.82 Å². The Morgan fingerprint density at radius 2 is 1.78 bits per heavy atom. The first-order chi connectivity index (χ1) is 21.8. The van der Waals surface area contributed by atoms with Crippen LogP contribution in [-0.4, -0.2) is 113 Å². The van der Waals surface area contributed by atoms with E-state index < -0.39 is 10.0 Å². The highest BCUT2D eigenvalue weighted by atomic mass is 35.5. The van der Waals surface area contributed by atoms with Crippen LogP contribution in [0, 0.1) is 12.8 Å². The van der Waals surface area contributed by atoms with Gasteiger partial charge in [0.25, 0.3) is 0 Å². The molecule has 1 amide bonds. The van der Waals surface area contributed by atoms with Gasteiger partial charge in [-0.15, -0.1) is 0 Å². The molecule has 46 heavy (non-hydrogen) atoms. The van der Waals surface area contributed by atoms with Crippen molar-refractivity contribution in [1.29, 1.82) is 0 Å². The van der Waals surface area contributed by atoms with Crippen molar-refractivity contribution in [3.8, 4) is 11.1 Å². The first-order valence-corrected chi connectivity index (χ1v) is 18.7. The lowest BCUT2D eigenvalue weighted by Gasteiger charge is -2.47. The number of aromatic nitrogens is 4. The number of carbonyl (C=O) groups is 1. The smallest absolute Gasteiger partial charge is 0.245 e. The van der Waals surface area contributed by atoms with Crippen LogP contribution in [0.3, 0.4) is 0 Å². The summed E-state index contributed by atoms with van der Waals surface area (Å²) in [5, 5.41) is 14.6. The summed E-state index contributed by atoms with van der Waals surface area (Å²) in [6, 6.07) is 1.94. The molecule has 3 aliphatic rings. The van der Waals surface area contributed by atoms with Crippen LogP contribution in [-0.2, 0) is 14.8 Å². The van der Waals surface area contributed by atoms with Crippen molar-refractivity contribution in [2.45, 2.75) is 58.0 Å². The molecule has 11 nitrogen and oxygen atoms in total. The molecule has 5 heterocycles. The Hall–Kier alpha value is -2.64. The number of piperazine rings is 1. The van der Waals surface area contributed by atoms with Gasteiger partial charge in [0, 0.05) is 80.1 Å². The van der Waals surface area contributed by atoms with Gasteiger partial charge in [0.1, 0.15) is 0 Å². The maximum absolute atomic E-state index is 12.3. The van der Waals surface area contributed by atoms with Gasteiger partial charge in [-0.25, -0.2) is 8.42 Å². The highest BCUT2D eigenvalue weighted by Gasteiger charge is 2.40. The Morgan fingerprint density at radius 1 is 1.09 bits per heavy atom. The number of rotatable bonds is 7. The summed E-state index contributed by atoms with van der Waals surface area (Å²) < 4.78 is 27.7. The largest absolute Gasteiger partial charge is 0.349 e. The van der Waals surface area contributed by atoms with Crippen LogP contribution >= 0.6 is 23.2 Å². The van der Waals surface area contributed by atoms with E-state index in [0.717, 1.165) is 85.4 Å². The number of sulfonamides is 1. The zero-order valence-corrected chi connectivity index (χ0v) is 29.4. The van der Waals surface area contributed by atoms with Gasteiger partial charge in [-0.2, -0.15) is 14.5 Å². The fourth-order valence-electron chi connectivity index (χ4n) is 7.77. The molecule has 0 saturated carbocycles. The molecule has 0 bridgehead atoms. The molecule has 3 aromatic rings. The second-order valence-electron chi connectivity index (χ2n) is 13.7. The number of halogens is 2. The van der Waals surface area contributed by atoms with E-state index in [1.165, 1.54) is 12.3 Å². The van der Waals surface area contributed by atoms with Crippen LogP contribution in [0.15, 0.2) is 24.9 Å². The Kier molecular flexibility index (Phi) is 9.23. The second-order valence-corrected chi connectivity index (χ2v) is 16.4. The Labute approximate surface area is 281 Å².